The molecule has 3 rings (SSSR count). The molecule has 1 aliphatic heterocycles. The molecule has 1 saturated carbocycles. The number of terminal acetylenes is 1. The van der Waals surface area contributed by atoms with Crippen LogP contribution in [0, 0.1) is 17.8 Å². The number of aromatic nitrogens is 4. The first-order chi connectivity index (χ1) is 11.6. The molecule has 0 aromatic carbocycles. The highest BCUT2D eigenvalue weighted by molar-refractivity contribution is 5.80. The van der Waals surface area contributed by atoms with Gasteiger partial charge in [0.25, 0.3) is 0 Å². The van der Waals surface area contributed by atoms with E-state index in [-0.39, 0.29) is 31.4 Å². The number of ether oxygens (including phenoxy) is 1. The van der Waals surface area contributed by atoms with Crippen molar-refractivity contribution in [3.05, 3.63) is 5.82 Å². The second kappa shape index (κ2) is 6.59. The molecule has 1 saturated heterocycles. The normalized spacial score (nSPS) is 23.6. The fourth-order valence-electron chi connectivity index (χ4n) is 3.19. The quantitative estimate of drug-likeness (QED) is 0.571. The van der Waals surface area contributed by atoms with Crippen molar-refractivity contribution >= 4 is 11.9 Å². The summed E-state index contributed by atoms with van der Waals surface area (Å²) in [4.78, 5) is 27.7. The van der Waals surface area contributed by atoms with Gasteiger partial charge in [-0.3, -0.25) is 9.59 Å². The van der Waals surface area contributed by atoms with Crippen molar-refractivity contribution in [1.29, 1.82) is 0 Å². The van der Waals surface area contributed by atoms with Crippen LogP contribution in [0.15, 0.2) is 0 Å². The number of methoxy groups -OCH3 is 1. The van der Waals surface area contributed by atoms with E-state index >= 15 is 0 Å². The molecule has 2 heterocycles. The van der Waals surface area contributed by atoms with Gasteiger partial charge in [0.2, 0.25) is 5.91 Å². The van der Waals surface area contributed by atoms with Gasteiger partial charge in [-0.15, -0.1) is 22.5 Å². The van der Waals surface area contributed by atoms with E-state index in [9.17, 15) is 9.59 Å². The molecule has 1 atom stereocenters. The summed E-state index contributed by atoms with van der Waals surface area (Å²) in [6.45, 7) is 0.881. The average molecular weight is 331 g/mol. The van der Waals surface area contributed by atoms with Crippen LogP contribution in [0.3, 0.4) is 0 Å². The minimum Gasteiger partial charge on any atom is -0.469 e. The Hall–Kier alpha value is -2.43. The summed E-state index contributed by atoms with van der Waals surface area (Å²) in [5.74, 6) is 3.15. The Balaban J connectivity index is 1.67. The first-order valence-corrected chi connectivity index (χ1v) is 8.15. The predicted octanol–water partition coefficient (Wildman–Crippen LogP) is 0.356. The van der Waals surface area contributed by atoms with Crippen molar-refractivity contribution in [3.63, 3.8) is 0 Å². The number of likely N-dealkylation sites (tertiary alicyclic amines) is 1. The van der Waals surface area contributed by atoms with Gasteiger partial charge in [0.15, 0.2) is 5.82 Å². The van der Waals surface area contributed by atoms with E-state index in [0.29, 0.717) is 31.1 Å². The maximum Gasteiger partial charge on any atom is 0.314 e. The molecule has 8 nitrogen and oxygen atoms in total. The smallest absolute Gasteiger partial charge is 0.314 e. The SMILES string of the molecule is C#CCC1(C(=O)OC)CCCN(C(=O)Cn2nnc(C3CC3)n2)C1. The first kappa shape index (κ1) is 16.4. The summed E-state index contributed by atoms with van der Waals surface area (Å²) in [6, 6.07) is 0. The molecule has 0 radical (unpaired) electrons. The summed E-state index contributed by atoms with van der Waals surface area (Å²) in [6.07, 6.45) is 9.19. The van der Waals surface area contributed by atoms with Gasteiger partial charge in [0, 0.05) is 25.4 Å². The van der Waals surface area contributed by atoms with Gasteiger partial charge < -0.3 is 9.64 Å². The molecule has 2 aliphatic rings. The topological polar surface area (TPSA) is 90.2 Å². The Kier molecular flexibility index (Phi) is 4.51. The number of hydrogen-bond acceptors (Lipinski definition) is 6. The van der Waals surface area contributed by atoms with Crippen LogP contribution in [0.25, 0.3) is 0 Å². The second-order valence-electron chi connectivity index (χ2n) is 6.52. The van der Waals surface area contributed by atoms with E-state index in [1.165, 1.54) is 11.9 Å². The molecule has 8 heteroatoms. The third-order valence-corrected chi connectivity index (χ3v) is 4.68. The van der Waals surface area contributed by atoms with E-state index < -0.39 is 5.41 Å². The lowest BCUT2D eigenvalue weighted by atomic mass is 9.77. The van der Waals surface area contributed by atoms with E-state index in [1.807, 2.05) is 0 Å². The minimum absolute atomic E-state index is 0.0209. The molecule has 2 fully saturated rings. The van der Waals surface area contributed by atoms with E-state index in [0.717, 1.165) is 12.8 Å². The molecule has 1 aromatic rings. The van der Waals surface area contributed by atoms with Gasteiger partial charge in [-0.25, -0.2) is 0 Å². The van der Waals surface area contributed by atoms with Gasteiger partial charge in [-0.2, -0.15) is 4.80 Å². The monoisotopic (exact) mass is 331 g/mol. The summed E-state index contributed by atoms with van der Waals surface area (Å²) in [7, 11) is 1.35. The standard InChI is InChI=1S/C16H21N5O3/c1-3-7-16(15(23)24-2)8-4-9-20(11-16)13(22)10-21-18-14(17-19-21)12-5-6-12/h1,12H,4-11H2,2H3. The number of hydrogen-bond donors (Lipinski definition) is 0. The fraction of sp³-hybridized carbons (Fsp3) is 0.688. The van der Waals surface area contributed by atoms with Crippen molar-refractivity contribution in [2.45, 2.75) is 44.6 Å². The number of carbonyl (C=O) groups is 2. The van der Waals surface area contributed by atoms with Crippen LogP contribution >= 0.6 is 0 Å². The summed E-state index contributed by atoms with van der Waals surface area (Å²) in [5.41, 5.74) is -0.813. The number of rotatable bonds is 5. The van der Waals surface area contributed by atoms with Crippen LogP contribution in [0.1, 0.15) is 43.8 Å². The van der Waals surface area contributed by atoms with Crippen LogP contribution in [0.4, 0.5) is 0 Å². The predicted molar refractivity (Wildman–Crippen MR) is 83.5 cm³/mol. The number of nitrogens with zero attached hydrogens (tertiary/aromatic N) is 5. The Bertz CT molecular complexity index is 675. The number of carbonyl (C=O) groups excluding carboxylic acids is 2. The summed E-state index contributed by atoms with van der Waals surface area (Å²) < 4.78 is 4.92. The van der Waals surface area contributed by atoms with Crippen molar-refractivity contribution < 1.29 is 14.3 Å². The highest BCUT2D eigenvalue weighted by Crippen LogP contribution is 2.37. The average Bonchev–Trinajstić information content (AvgIpc) is 3.34. The Morgan fingerprint density at radius 2 is 2.25 bits per heavy atom. The van der Waals surface area contributed by atoms with E-state index in [2.05, 4.69) is 21.3 Å². The van der Waals surface area contributed by atoms with Crippen molar-refractivity contribution in [2.75, 3.05) is 20.2 Å². The zero-order valence-electron chi connectivity index (χ0n) is 13.8. The van der Waals surface area contributed by atoms with Gasteiger partial charge in [-0.05, 0) is 30.9 Å². The van der Waals surface area contributed by atoms with Crippen molar-refractivity contribution in [3.8, 4) is 12.3 Å². The molecule has 1 aliphatic carbocycles. The highest BCUT2D eigenvalue weighted by atomic mass is 16.5. The molecule has 1 amide bonds. The molecule has 0 bridgehead atoms. The lowest BCUT2D eigenvalue weighted by Gasteiger charge is -2.39. The van der Waals surface area contributed by atoms with Gasteiger partial charge in [-0.1, -0.05) is 0 Å². The molecule has 24 heavy (non-hydrogen) atoms. The Labute approximate surface area is 140 Å². The van der Waals surface area contributed by atoms with Crippen LogP contribution in [-0.4, -0.2) is 57.2 Å². The fourth-order valence-corrected chi connectivity index (χ4v) is 3.19. The van der Waals surface area contributed by atoms with Gasteiger partial charge in [0.1, 0.15) is 6.54 Å². The molecule has 128 valence electrons. The molecule has 1 unspecified atom stereocenters. The molecular formula is C16H21N5O3. The molecular weight excluding hydrogens is 310 g/mol. The zero-order chi connectivity index (χ0) is 17.2. The van der Waals surface area contributed by atoms with Crippen LogP contribution in [0.5, 0.6) is 0 Å². The first-order valence-electron chi connectivity index (χ1n) is 8.15. The Morgan fingerprint density at radius 3 is 2.92 bits per heavy atom. The third-order valence-electron chi connectivity index (χ3n) is 4.68. The molecule has 0 spiro atoms. The number of amides is 1. The maximum absolute atomic E-state index is 12.6. The summed E-state index contributed by atoms with van der Waals surface area (Å²) >= 11 is 0. The second-order valence-corrected chi connectivity index (χ2v) is 6.52. The van der Waals surface area contributed by atoms with Crippen LogP contribution in [-0.2, 0) is 20.9 Å². The highest BCUT2D eigenvalue weighted by Gasteiger charge is 2.44. The maximum atomic E-state index is 12.6. The largest absolute Gasteiger partial charge is 0.469 e. The molecule has 0 N–H and O–H groups in total. The summed E-state index contributed by atoms with van der Waals surface area (Å²) in [5, 5.41) is 12.2. The van der Waals surface area contributed by atoms with Crippen LogP contribution < -0.4 is 0 Å². The van der Waals surface area contributed by atoms with Gasteiger partial charge >= 0.3 is 5.97 Å². The molecule has 1 aromatic heterocycles. The number of esters is 1. The van der Waals surface area contributed by atoms with E-state index in [4.69, 9.17) is 11.2 Å². The minimum atomic E-state index is -0.813. The van der Waals surface area contributed by atoms with E-state index in [1.54, 1.807) is 4.90 Å². The van der Waals surface area contributed by atoms with Crippen LogP contribution in [0.2, 0.25) is 0 Å². The number of tetrazole rings is 1. The van der Waals surface area contributed by atoms with Crippen molar-refractivity contribution in [2.24, 2.45) is 5.41 Å². The van der Waals surface area contributed by atoms with Gasteiger partial charge in [0.05, 0.1) is 12.5 Å². The number of piperidine rings is 1. The Morgan fingerprint density at radius 1 is 1.46 bits per heavy atom. The lowest BCUT2D eigenvalue weighted by Crippen LogP contribution is -2.51. The third kappa shape index (κ3) is 3.25. The zero-order valence-corrected chi connectivity index (χ0v) is 13.8. The lowest BCUT2D eigenvalue weighted by molar-refractivity contribution is -0.158. The van der Waals surface area contributed by atoms with Crippen molar-refractivity contribution in [1.82, 2.24) is 25.1 Å².